The Morgan fingerprint density at radius 3 is 1.58 bits per heavy atom. The van der Waals surface area contributed by atoms with Gasteiger partial charge < -0.3 is 4.57 Å². The molecule has 5 nitrogen and oxygen atoms in total. The molecule has 0 fully saturated rings. The zero-order chi connectivity index (χ0) is 41.0. The van der Waals surface area contributed by atoms with Crippen molar-refractivity contribution in [2.45, 2.75) is 0 Å². The van der Waals surface area contributed by atoms with Gasteiger partial charge in [0.1, 0.15) is 5.69 Å². The Kier molecular flexibility index (Phi) is 8.42. The first-order valence-electron chi connectivity index (χ1n) is 20.9. The predicted molar refractivity (Wildman–Crippen MR) is 256 cm³/mol. The van der Waals surface area contributed by atoms with Gasteiger partial charge in [-0.3, -0.25) is 0 Å². The van der Waals surface area contributed by atoms with Crippen LogP contribution >= 0.6 is 0 Å². The first-order valence-corrected chi connectivity index (χ1v) is 20.9. The second-order valence-corrected chi connectivity index (χ2v) is 15.7. The summed E-state index contributed by atoms with van der Waals surface area (Å²) >= 11 is 0. The molecule has 62 heavy (non-hydrogen) atoms. The van der Waals surface area contributed by atoms with Gasteiger partial charge in [-0.15, -0.1) is 0 Å². The van der Waals surface area contributed by atoms with Gasteiger partial charge in [-0.05, 0) is 65.0 Å². The zero-order valence-corrected chi connectivity index (χ0v) is 33.6. The molecule has 12 aromatic rings. The normalized spacial score (nSPS) is 11.5. The number of aromatic nitrogens is 5. The molecule has 0 bridgehead atoms. The average molecular weight is 792 g/mol. The number of para-hydroxylation sites is 2. The first-order chi connectivity index (χ1) is 30.7. The van der Waals surface area contributed by atoms with E-state index in [0.717, 1.165) is 78.1 Å². The molecule has 0 saturated heterocycles. The topological polar surface area (TPSA) is 48.5 Å². The second kappa shape index (κ2) is 14.7. The Balaban J connectivity index is 1.01. The van der Waals surface area contributed by atoms with Crippen molar-refractivity contribution in [3.05, 3.63) is 224 Å². The van der Waals surface area contributed by atoms with Crippen LogP contribution in [0.2, 0.25) is 0 Å². The quantitative estimate of drug-likeness (QED) is 0.162. The summed E-state index contributed by atoms with van der Waals surface area (Å²) in [6.07, 6.45) is 0. The summed E-state index contributed by atoms with van der Waals surface area (Å²) in [5, 5.41) is 11.3. The first kappa shape index (κ1) is 35.5. The van der Waals surface area contributed by atoms with Gasteiger partial charge in [0.05, 0.1) is 33.6 Å². The summed E-state index contributed by atoms with van der Waals surface area (Å²) in [5.41, 5.74) is 14.5. The molecular weight excluding hydrogens is 755 g/mol. The Bertz CT molecular complexity index is 3550. The Morgan fingerprint density at radius 2 is 0.903 bits per heavy atom. The highest BCUT2D eigenvalue weighted by molar-refractivity contribution is 6.17. The van der Waals surface area contributed by atoms with E-state index in [2.05, 4.69) is 216 Å². The molecule has 3 heterocycles. The van der Waals surface area contributed by atoms with Crippen molar-refractivity contribution >= 4 is 43.5 Å². The molecule has 0 aliphatic heterocycles. The molecule has 0 unspecified atom stereocenters. The lowest BCUT2D eigenvalue weighted by molar-refractivity contribution is 0.918. The number of hydrogen-bond acceptors (Lipinski definition) is 3. The fourth-order valence-electron chi connectivity index (χ4n) is 9.06. The van der Waals surface area contributed by atoms with E-state index in [0.29, 0.717) is 5.82 Å². The van der Waals surface area contributed by atoms with Crippen LogP contribution < -0.4 is 0 Å². The summed E-state index contributed by atoms with van der Waals surface area (Å²) < 4.78 is 4.47. The molecule has 0 aliphatic carbocycles. The maximum absolute atomic E-state index is 5.43. The third-order valence-corrected chi connectivity index (χ3v) is 11.9. The summed E-state index contributed by atoms with van der Waals surface area (Å²) in [6, 6.07) is 79.0. The van der Waals surface area contributed by atoms with Crippen molar-refractivity contribution in [2.75, 3.05) is 0 Å². The van der Waals surface area contributed by atoms with E-state index in [9.17, 15) is 0 Å². The van der Waals surface area contributed by atoms with E-state index in [-0.39, 0.29) is 0 Å². The average Bonchev–Trinajstić information content (AvgIpc) is 3.92. The largest absolute Gasteiger partial charge is 0.309 e. The lowest BCUT2D eigenvalue weighted by Crippen LogP contribution is -1.99. The molecule has 0 spiro atoms. The Morgan fingerprint density at radius 1 is 0.355 bits per heavy atom. The molecule has 5 heteroatoms. The van der Waals surface area contributed by atoms with Crippen molar-refractivity contribution < 1.29 is 0 Å². The molecule has 3 aromatic heterocycles. The van der Waals surface area contributed by atoms with Gasteiger partial charge in [-0.1, -0.05) is 176 Å². The number of nitrogens with zero attached hydrogens (tertiary/aromatic N) is 5. The molecule has 0 amide bonds. The van der Waals surface area contributed by atoms with Crippen LogP contribution in [0.3, 0.4) is 0 Å². The van der Waals surface area contributed by atoms with Crippen molar-refractivity contribution in [1.82, 2.24) is 24.3 Å². The minimum atomic E-state index is 0.676. The van der Waals surface area contributed by atoms with Gasteiger partial charge in [0.25, 0.3) is 0 Å². The standard InChI is InChI=1S/C57H37N5/c1-4-17-38(18-5-1)49-36-42-23-10-11-26-46(42)56-54(49)55(40-19-6-2-7-20-40)60-62(56)44-33-31-39(32-34-44)50-37-51(59-57(58-50)41-21-8-3-9-22-41)43-24-16-25-45(35-43)61-52-29-14-12-27-47(52)48-28-13-15-30-53(48)61/h1-37H. The SMILES string of the molecule is c1ccc(-c2nc(-c3ccc(-n4nc(-c5ccccc5)c5c(-c6ccccc6)cc6ccccc6c54)cc3)cc(-c3cccc(-n4c5ccccc5c5ccccc54)c3)n2)cc1. The van der Waals surface area contributed by atoms with Crippen LogP contribution in [0.1, 0.15) is 0 Å². The minimum Gasteiger partial charge on any atom is -0.309 e. The number of fused-ring (bicyclic) bond motifs is 6. The van der Waals surface area contributed by atoms with E-state index in [1.165, 1.54) is 27.2 Å². The fraction of sp³-hybridized carbons (Fsp3) is 0. The Labute approximate surface area is 358 Å². The van der Waals surface area contributed by atoms with Crippen LogP contribution in [-0.4, -0.2) is 24.3 Å². The fourth-order valence-corrected chi connectivity index (χ4v) is 9.06. The maximum Gasteiger partial charge on any atom is 0.160 e. The van der Waals surface area contributed by atoms with E-state index >= 15 is 0 Å². The lowest BCUT2D eigenvalue weighted by atomic mass is 9.94. The third kappa shape index (κ3) is 5.98. The smallest absolute Gasteiger partial charge is 0.160 e. The number of rotatable bonds is 7. The van der Waals surface area contributed by atoms with Crippen molar-refractivity contribution in [1.29, 1.82) is 0 Å². The van der Waals surface area contributed by atoms with Crippen molar-refractivity contribution in [3.63, 3.8) is 0 Å². The van der Waals surface area contributed by atoms with Crippen LogP contribution in [0, 0.1) is 0 Å². The summed E-state index contributed by atoms with van der Waals surface area (Å²) in [7, 11) is 0. The number of hydrogen-bond donors (Lipinski definition) is 0. The molecule has 0 atom stereocenters. The number of benzene rings is 9. The van der Waals surface area contributed by atoms with Gasteiger partial charge >= 0.3 is 0 Å². The summed E-state index contributed by atoms with van der Waals surface area (Å²) in [6.45, 7) is 0. The summed E-state index contributed by atoms with van der Waals surface area (Å²) in [4.78, 5) is 10.4. The van der Waals surface area contributed by atoms with Crippen LogP contribution in [0.4, 0.5) is 0 Å². The predicted octanol–water partition coefficient (Wildman–Crippen LogP) is 14.4. The minimum absolute atomic E-state index is 0.676. The van der Waals surface area contributed by atoms with Crippen molar-refractivity contribution in [2.24, 2.45) is 0 Å². The molecule has 290 valence electrons. The second-order valence-electron chi connectivity index (χ2n) is 15.7. The van der Waals surface area contributed by atoms with Gasteiger partial charge in [-0.25, -0.2) is 14.6 Å². The molecule has 9 aromatic carbocycles. The maximum atomic E-state index is 5.43. The summed E-state index contributed by atoms with van der Waals surface area (Å²) in [5.74, 6) is 0.676. The van der Waals surface area contributed by atoms with E-state index < -0.39 is 0 Å². The molecule has 12 rings (SSSR count). The van der Waals surface area contributed by atoms with Gasteiger partial charge in [-0.2, -0.15) is 5.10 Å². The molecule has 0 radical (unpaired) electrons. The highest BCUT2D eigenvalue weighted by Crippen LogP contribution is 2.42. The van der Waals surface area contributed by atoms with Crippen molar-refractivity contribution in [3.8, 4) is 67.7 Å². The lowest BCUT2D eigenvalue weighted by Gasteiger charge is -2.13. The van der Waals surface area contributed by atoms with Crippen LogP contribution in [0.25, 0.3) is 111 Å². The van der Waals surface area contributed by atoms with Gasteiger partial charge in [0.2, 0.25) is 0 Å². The molecule has 0 N–H and O–H groups in total. The highest BCUT2D eigenvalue weighted by atomic mass is 15.3. The molecule has 0 aliphatic rings. The highest BCUT2D eigenvalue weighted by Gasteiger charge is 2.21. The Hall–Kier alpha value is -8.41. The van der Waals surface area contributed by atoms with Crippen LogP contribution in [0.5, 0.6) is 0 Å². The zero-order valence-electron chi connectivity index (χ0n) is 33.6. The monoisotopic (exact) mass is 791 g/mol. The van der Waals surface area contributed by atoms with E-state index in [1.54, 1.807) is 0 Å². The third-order valence-electron chi connectivity index (χ3n) is 11.9. The van der Waals surface area contributed by atoms with Crippen LogP contribution in [-0.2, 0) is 0 Å². The molecular formula is C57H37N5. The molecule has 0 saturated carbocycles. The van der Waals surface area contributed by atoms with Gasteiger partial charge in [0, 0.05) is 49.5 Å². The van der Waals surface area contributed by atoms with Crippen LogP contribution in [0.15, 0.2) is 224 Å². The van der Waals surface area contributed by atoms with Gasteiger partial charge in [0.15, 0.2) is 5.82 Å². The van der Waals surface area contributed by atoms with E-state index in [4.69, 9.17) is 15.1 Å². The van der Waals surface area contributed by atoms with E-state index in [1.807, 2.05) is 18.2 Å².